The van der Waals surface area contributed by atoms with Crippen molar-refractivity contribution in [1.29, 1.82) is 0 Å². The standard InChI is InChI=1S/C26H24ClIN2O4/c1-2-33-21-12-16(11-20(28)24(21)34-14-15-3-9-19(27)10-4-15)13-29-30-25(31)22-17-5-6-18(8-7-17)23(22)26(30)32/h3-6,9-13,17-18,22-23H,2,7-8,14H2,1H3/b29-13-/t17-,18+,22-,23+. The number of hydrazone groups is 1. The first kappa shape index (κ1) is 23.4. The van der Waals surface area contributed by atoms with Gasteiger partial charge >= 0.3 is 0 Å². The van der Waals surface area contributed by atoms with Crippen LogP contribution in [0.5, 0.6) is 11.5 Å². The largest absolute Gasteiger partial charge is 0.490 e. The van der Waals surface area contributed by atoms with E-state index in [0.717, 1.165) is 32.5 Å². The molecule has 1 saturated carbocycles. The number of carbonyl (C=O) groups is 2. The number of fused-ring (bicyclic) bond motifs is 1. The average Bonchev–Trinajstić information content (AvgIpc) is 3.11. The van der Waals surface area contributed by atoms with E-state index in [1.54, 1.807) is 6.21 Å². The lowest BCUT2D eigenvalue weighted by Gasteiger charge is -2.37. The van der Waals surface area contributed by atoms with Gasteiger partial charge in [0, 0.05) is 5.02 Å². The average molecular weight is 591 g/mol. The Kier molecular flexibility index (Phi) is 6.66. The van der Waals surface area contributed by atoms with Crippen LogP contribution in [-0.4, -0.2) is 29.6 Å². The van der Waals surface area contributed by atoms with Crippen LogP contribution in [0.3, 0.4) is 0 Å². The van der Waals surface area contributed by atoms with Gasteiger partial charge in [-0.3, -0.25) is 9.59 Å². The maximum Gasteiger partial charge on any atom is 0.254 e. The van der Waals surface area contributed by atoms with Gasteiger partial charge in [0.25, 0.3) is 11.8 Å². The second-order valence-electron chi connectivity index (χ2n) is 8.75. The van der Waals surface area contributed by atoms with Crippen molar-refractivity contribution < 1.29 is 19.1 Å². The molecule has 1 heterocycles. The van der Waals surface area contributed by atoms with Gasteiger partial charge in [0.15, 0.2) is 11.5 Å². The van der Waals surface area contributed by atoms with Crippen LogP contribution in [0.4, 0.5) is 0 Å². The highest BCUT2D eigenvalue weighted by molar-refractivity contribution is 14.1. The van der Waals surface area contributed by atoms with Crippen molar-refractivity contribution in [2.45, 2.75) is 26.4 Å². The molecule has 6 nitrogen and oxygen atoms in total. The first-order valence-electron chi connectivity index (χ1n) is 11.4. The van der Waals surface area contributed by atoms with Gasteiger partial charge in [-0.15, -0.1) is 0 Å². The molecule has 4 atom stereocenters. The Hall–Kier alpha value is -2.39. The van der Waals surface area contributed by atoms with Crippen molar-refractivity contribution in [3.63, 3.8) is 0 Å². The topological polar surface area (TPSA) is 68.2 Å². The molecule has 2 amide bonds. The zero-order valence-electron chi connectivity index (χ0n) is 18.6. The fraction of sp³-hybridized carbons (Fsp3) is 0.346. The molecule has 4 aliphatic rings. The molecule has 34 heavy (non-hydrogen) atoms. The molecule has 1 saturated heterocycles. The van der Waals surface area contributed by atoms with Gasteiger partial charge in [0.05, 0.1) is 28.2 Å². The predicted octanol–water partition coefficient (Wildman–Crippen LogP) is 5.45. The third-order valence-corrected chi connectivity index (χ3v) is 7.74. The number of halogens is 2. The van der Waals surface area contributed by atoms with E-state index in [9.17, 15) is 9.59 Å². The summed E-state index contributed by atoms with van der Waals surface area (Å²) in [5.41, 5.74) is 1.72. The van der Waals surface area contributed by atoms with Crippen LogP contribution in [0.15, 0.2) is 53.7 Å². The monoisotopic (exact) mass is 590 g/mol. The van der Waals surface area contributed by atoms with E-state index in [1.807, 2.05) is 43.3 Å². The van der Waals surface area contributed by atoms with Crippen molar-refractivity contribution in [1.82, 2.24) is 5.01 Å². The van der Waals surface area contributed by atoms with Crippen molar-refractivity contribution >= 4 is 52.2 Å². The Morgan fingerprint density at radius 2 is 1.71 bits per heavy atom. The Bertz CT molecular complexity index is 1150. The number of hydrogen-bond acceptors (Lipinski definition) is 5. The van der Waals surface area contributed by atoms with E-state index in [0.29, 0.717) is 29.7 Å². The fourth-order valence-electron chi connectivity index (χ4n) is 5.10. The fourth-order valence-corrected chi connectivity index (χ4v) is 6.01. The van der Waals surface area contributed by atoms with Crippen molar-refractivity contribution in [3.05, 3.63) is 68.3 Å². The molecule has 0 N–H and O–H groups in total. The van der Waals surface area contributed by atoms with Crippen molar-refractivity contribution in [3.8, 4) is 11.5 Å². The molecule has 0 spiro atoms. The maximum atomic E-state index is 13.0. The lowest BCUT2D eigenvalue weighted by molar-refractivity contribution is -0.140. The molecule has 1 aliphatic heterocycles. The van der Waals surface area contributed by atoms with Crippen molar-refractivity contribution in [2.75, 3.05) is 6.61 Å². The van der Waals surface area contributed by atoms with E-state index in [-0.39, 0.29) is 35.5 Å². The molecule has 8 heteroatoms. The Labute approximate surface area is 217 Å². The minimum atomic E-state index is -0.267. The normalized spacial score (nSPS) is 25.3. The molecule has 2 bridgehead atoms. The number of carbonyl (C=O) groups excluding carboxylic acids is 2. The molecule has 2 aromatic carbocycles. The van der Waals surface area contributed by atoms with E-state index in [4.69, 9.17) is 21.1 Å². The minimum Gasteiger partial charge on any atom is -0.490 e. The Morgan fingerprint density at radius 1 is 1.06 bits per heavy atom. The third kappa shape index (κ3) is 4.35. The third-order valence-electron chi connectivity index (χ3n) is 6.69. The summed E-state index contributed by atoms with van der Waals surface area (Å²) < 4.78 is 12.7. The molecule has 2 aromatic rings. The van der Waals surface area contributed by atoms with Gasteiger partial charge in [0.1, 0.15) is 6.61 Å². The highest BCUT2D eigenvalue weighted by atomic mass is 127. The molecule has 0 radical (unpaired) electrons. The van der Waals surface area contributed by atoms with Gasteiger partial charge in [-0.05, 0) is 89.6 Å². The first-order valence-corrected chi connectivity index (χ1v) is 12.9. The van der Waals surface area contributed by atoms with Crippen LogP contribution < -0.4 is 9.47 Å². The number of benzene rings is 2. The van der Waals surface area contributed by atoms with Gasteiger partial charge < -0.3 is 9.47 Å². The van der Waals surface area contributed by atoms with Gasteiger partial charge in [-0.1, -0.05) is 35.9 Å². The first-order chi connectivity index (χ1) is 16.5. The molecular weight excluding hydrogens is 567 g/mol. The number of imide groups is 1. The van der Waals surface area contributed by atoms with Crippen molar-refractivity contribution in [2.24, 2.45) is 28.8 Å². The smallest absolute Gasteiger partial charge is 0.254 e. The van der Waals surface area contributed by atoms with Crippen LogP contribution in [0.2, 0.25) is 5.02 Å². The molecule has 0 unspecified atom stereocenters. The summed E-state index contributed by atoms with van der Waals surface area (Å²) >= 11 is 8.15. The van der Waals surface area contributed by atoms with E-state index >= 15 is 0 Å². The number of amides is 2. The molecule has 2 fully saturated rings. The molecule has 176 valence electrons. The summed E-state index contributed by atoms with van der Waals surface area (Å²) in [6.07, 6.45) is 7.69. The van der Waals surface area contributed by atoms with Crippen LogP contribution in [0, 0.1) is 27.2 Å². The second kappa shape index (κ2) is 9.70. The lowest BCUT2D eigenvalue weighted by Crippen LogP contribution is -2.38. The van der Waals surface area contributed by atoms with Gasteiger partial charge in [0.2, 0.25) is 0 Å². The van der Waals surface area contributed by atoms with Gasteiger partial charge in [-0.25, -0.2) is 0 Å². The number of allylic oxidation sites excluding steroid dienone is 2. The quantitative estimate of drug-likeness (QED) is 0.186. The highest BCUT2D eigenvalue weighted by Crippen LogP contribution is 2.49. The van der Waals surface area contributed by atoms with Crippen LogP contribution >= 0.6 is 34.2 Å². The molecule has 0 aromatic heterocycles. The van der Waals surface area contributed by atoms with Crippen LogP contribution in [0.25, 0.3) is 0 Å². The van der Waals surface area contributed by atoms with Crippen LogP contribution in [-0.2, 0) is 16.2 Å². The second-order valence-corrected chi connectivity index (χ2v) is 10.4. The predicted molar refractivity (Wildman–Crippen MR) is 138 cm³/mol. The lowest BCUT2D eigenvalue weighted by atomic mass is 9.63. The Balaban J connectivity index is 1.35. The zero-order valence-corrected chi connectivity index (χ0v) is 21.5. The summed E-state index contributed by atoms with van der Waals surface area (Å²) in [5.74, 6) is 0.605. The summed E-state index contributed by atoms with van der Waals surface area (Å²) in [7, 11) is 0. The summed E-state index contributed by atoms with van der Waals surface area (Å²) in [6.45, 7) is 2.75. The number of nitrogens with zero attached hydrogens (tertiary/aromatic N) is 2. The van der Waals surface area contributed by atoms with Crippen LogP contribution in [0.1, 0.15) is 30.9 Å². The number of rotatable bonds is 7. The summed E-state index contributed by atoms with van der Waals surface area (Å²) in [6, 6.07) is 11.2. The number of ether oxygens (including phenoxy) is 2. The maximum absolute atomic E-state index is 13.0. The molecule has 3 aliphatic carbocycles. The zero-order chi connectivity index (χ0) is 23.8. The molecular formula is C26H24ClIN2O4. The molecule has 6 rings (SSSR count). The summed E-state index contributed by atoms with van der Waals surface area (Å²) in [4.78, 5) is 26.0. The highest BCUT2D eigenvalue weighted by Gasteiger charge is 2.56. The number of hydrogen-bond donors (Lipinski definition) is 0. The van der Waals surface area contributed by atoms with Gasteiger partial charge in [-0.2, -0.15) is 10.1 Å². The summed E-state index contributed by atoms with van der Waals surface area (Å²) in [5, 5.41) is 6.07. The van der Waals surface area contributed by atoms with E-state index in [1.165, 1.54) is 0 Å². The van der Waals surface area contributed by atoms with E-state index < -0.39 is 0 Å². The SMILES string of the molecule is CCOc1cc(/C=N\N2C(=O)[C@@H]3[C@H](C2=O)[C@@H]2C=C[C@H]3CC2)cc(I)c1OCc1ccc(Cl)cc1. The van der Waals surface area contributed by atoms with E-state index in [2.05, 4.69) is 39.8 Å². The minimum absolute atomic E-state index is 0.147. The Morgan fingerprint density at radius 3 is 2.29 bits per heavy atom.